The second-order valence-corrected chi connectivity index (χ2v) is 13.7. The van der Waals surface area contributed by atoms with Crippen molar-refractivity contribution in [2.24, 2.45) is 23.2 Å². The molecule has 0 bridgehead atoms. The van der Waals surface area contributed by atoms with Crippen molar-refractivity contribution in [3.63, 3.8) is 0 Å². The molecule has 2 saturated carbocycles. The van der Waals surface area contributed by atoms with Crippen LogP contribution in [0.2, 0.25) is 0 Å². The van der Waals surface area contributed by atoms with E-state index >= 15 is 0 Å². The lowest BCUT2D eigenvalue weighted by Gasteiger charge is -2.50. The van der Waals surface area contributed by atoms with Gasteiger partial charge in [-0.15, -0.1) is 0 Å². The highest BCUT2D eigenvalue weighted by Gasteiger charge is 2.59. The van der Waals surface area contributed by atoms with Crippen LogP contribution >= 0.6 is 0 Å². The number of rotatable bonds is 4. The zero-order valence-electron chi connectivity index (χ0n) is 21.1. The monoisotopic (exact) mass is 505 g/mol. The summed E-state index contributed by atoms with van der Waals surface area (Å²) in [5, 5.41) is 9.98. The number of ketones is 1. The largest absolute Gasteiger partial charge is 0.508 e. The van der Waals surface area contributed by atoms with Gasteiger partial charge in [-0.1, -0.05) is 31.2 Å². The van der Waals surface area contributed by atoms with E-state index in [0.717, 1.165) is 44.1 Å². The van der Waals surface area contributed by atoms with Crippen molar-refractivity contribution in [1.82, 2.24) is 4.31 Å². The third-order valence-electron chi connectivity index (χ3n) is 9.75. The van der Waals surface area contributed by atoms with Gasteiger partial charge in [0.15, 0.2) is 0 Å². The highest BCUT2D eigenvalue weighted by molar-refractivity contribution is 7.89. The number of benzene rings is 2. The zero-order valence-corrected chi connectivity index (χ0v) is 21.9. The van der Waals surface area contributed by atoms with E-state index in [1.165, 1.54) is 21.0 Å². The van der Waals surface area contributed by atoms with Gasteiger partial charge in [0, 0.05) is 25.4 Å². The van der Waals surface area contributed by atoms with Gasteiger partial charge in [-0.25, -0.2) is 12.7 Å². The summed E-state index contributed by atoms with van der Waals surface area (Å²) in [5.41, 5.74) is 4.34. The zero-order chi connectivity index (χ0) is 25.2. The first-order valence-corrected chi connectivity index (χ1v) is 14.7. The van der Waals surface area contributed by atoms with E-state index in [4.69, 9.17) is 0 Å². The summed E-state index contributed by atoms with van der Waals surface area (Å²) in [6.07, 6.45) is 10.2. The molecule has 190 valence electrons. The van der Waals surface area contributed by atoms with Crippen LogP contribution < -0.4 is 0 Å². The molecule has 2 fully saturated rings. The lowest BCUT2D eigenvalue weighted by atomic mass is 9.54. The number of aromatic hydroxyl groups is 1. The Morgan fingerprint density at radius 3 is 2.75 bits per heavy atom. The summed E-state index contributed by atoms with van der Waals surface area (Å²) in [6.45, 7) is 2.50. The maximum absolute atomic E-state index is 13.6. The van der Waals surface area contributed by atoms with E-state index in [-0.39, 0.29) is 17.3 Å². The molecule has 6 rings (SSSR count). The average Bonchev–Trinajstić information content (AvgIpc) is 3.12. The minimum absolute atomic E-state index is 0.0197. The van der Waals surface area contributed by atoms with E-state index in [1.807, 2.05) is 18.2 Å². The van der Waals surface area contributed by atoms with Crippen LogP contribution in [0.25, 0.3) is 6.08 Å². The maximum atomic E-state index is 13.6. The fraction of sp³-hybridized carbons (Fsp3) is 0.500. The quantitative estimate of drug-likeness (QED) is 0.610. The van der Waals surface area contributed by atoms with Crippen LogP contribution in [-0.2, 0) is 27.7 Å². The van der Waals surface area contributed by atoms with Crippen LogP contribution in [0.4, 0.5) is 0 Å². The first-order valence-electron chi connectivity index (χ1n) is 13.3. The Bertz CT molecular complexity index is 1360. The Kier molecular flexibility index (Phi) is 5.69. The van der Waals surface area contributed by atoms with Crippen LogP contribution in [-0.4, -0.2) is 37.2 Å². The SMILES string of the molecule is CN(C[C@H]1CC(=O)[C@@]2(C)CC[C@@H]3c4ccc(O)cc4CC[C@H]3[C@H]12)S(=O)(=O)c1ccc2c(c1)C=CCC2. The standard InChI is InChI=1S/C30H35NO4S/c1-30-14-13-26-25-12-9-23(32)15-21(25)8-11-27(26)29(30)22(17-28(30)33)18-31(2)36(34,35)24-10-7-19-5-3-4-6-20(19)16-24/h4,6-7,9-10,12,15-16,22,26-27,29,32H,3,5,8,11,13-14,17-18H2,1-2H3/t22-,26-,27-,29+,30-/m1/s1. The molecular weight excluding hydrogens is 470 g/mol. The molecule has 2 aromatic rings. The molecule has 0 saturated heterocycles. The van der Waals surface area contributed by atoms with Crippen LogP contribution in [0.1, 0.15) is 67.2 Å². The third-order valence-corrected chi connectivity index (χ3v) is 11.6. The smallest absolute Gasteiger partial charge is 0.242 e. The van der Waals surface area contributed by atoms with Gasteiger partial charge in [0.2, 0.25) is 10.0 Å². The predicted molar refractivity (Wildman–Crippen MR) is 140 cm³/mol. The number of carbonyl (C=O) groups excluding carboxylic acids is 1. The van der Waals surface area contributed by atoms with Crippen molar-refractivity contribution < 1.29 is 18.3 Å². The van der Waals surface area contributed by atoms with Gasteiger partial charge in [-0.3, -0.25) is 4.79 Å². The molecule has 5 nitrogen and oxygen atoms in total. The van der Waals surface area contributed by atoms with Gasteiger partial charge in [0.1, 0.15) is 11.5 Å². The maximum Gasteiger partial charge on any atom is 0.242 e. The second kappa shape index (κ2) is 8.56. The van der Waals surface area contributed by atoms with Crippen LogP contribution in [0.3, 0.4) is 0 Å². The normalized spacial score (nSPS) is 31.0. The Balaban J connectivity index is 1.28. The molecule has 5 atom stereocenters. The summed E-state index contributed by atoms with van der Waals surface area (Å²) in [7, 11) is -1.99. The van der Waals surface area contributed by atoms with Crippen LogP contribution in [0.15, 0.2) is 47.4 Å². The van der Waals surface area contributed by atoms with Gasteiger partial charge < -0.3 is 5.11 Å². The van der Waals surface area contributed by atoms with Crippen LogP contribution in [0, 0.1) is 23.2 Å². The van der Waals surface area contributed by atoms with E-state index in [1.54, 1.807) is 25.2 Å². The van der Waals surface area contributed by atoms with E-state index in [9.17, 15) is 18.3 Å². The molecule has 6 heteroatoms. The second-order valence-electron chi connectivity index (χ2n) is 11.6. The number of hydrogen-bond donors (Lipinski definition) is 1. The highest BCUT2D eigenvalue weighted by Crippen LogP contribution is 2.61. The molecule has 4 aliphatic rings. The van der Waals surface area contributed by atoms with E-state index in [2.05, 4.69) is 19.1 Å². The lowest BCUT2D eigenvalue weighted by Crippen LogP contribution is -2.46. The lowest BCUT2D eigenvalue weighted by molar-refractivity contribution is -0.129. The molecule has 0 unspecified atom stereocenters. The number of allylic oxidation sites excluding steroid dienone is 1. The number of carbonyl (C=O) groups is 1. The van der Waals surface area contributed by atoms with Crippen LogP contribution in [0.5, 0.6) is 5.75 Å². The topological polar surface area (TPSA) is 74.7 Å². The van der Waals surface area contributed by atoms with Gasteiger partial charge in [0.25, 0.3) is 0 Å². The highest BCUT2D eigenvalue weighted by atomic mass is 32.2. The van der Waals surface area contributed by atoms with Crippen molar-refractivity contribution in [3.05, 3.63) is 64.7 Å². The molecule has 0 heterocycles. The molecule has 0 amide bonds. The number of aryl methyl sites for hydroxylation is 2. The first-order chi connectivity index (χ1) is 17.2. The third kappa shape index (κ3) is 3.67. The number of sulfonamides is 1. The molecule has 0 aromatic heterocycles. The summed E-state index contributed by atoms with van der Waals surface area (Å²) in [5.74, 6) is 1.54. The Hall–Kier alpha value is -2.44. The number of nitrogens with zero attached hydrogens (tertiary/aromatic N) is 1. The van der Waals surface area contributed by atoms with Crippen molar-refractivity contribution in [3.8, 4) is 5.75 Å². The van der Waals surface area contributed by atoms with Crippen molar-refractivity contribution in [2.75, 3.05) is 13.6 Å². The first kappa shape index (κ1) is 23.9. The van der Waals surface area contributed by atoms with Gasteiger partial charge >= 0.3 is 0 Å². The Morgan fingerprint density at radius 2 is 1.92 bits per heavy atom. The van der Waals surface area contributed by atoms with Crippen molar-refractivity contribution in [1.29, 1.82) is 0 Å². The Labute approximate surface area is 214 Å². The molecule has 1 N–H and O–H groups in total. The van der Waals surface area contributed by atoms with Gasteiger partial charge in [-0.2, -0.15) is 0 Å². The Morgan fingerprint density at radius 1 is 1.08 bits per heavy atom. The predicted octanol–water partition coefficient (Wildman–Crippen LogP) is 5.32. The fourth-order valence-electron chi connectivity index (χ4n) is 7.96. The fourth-order valence-corrected chi connectivity index (χ4v) is 9.23. The number of fused-ring (bicyclic) bond motifs is 6. The number of hydrogen-bond acceptors (Lipinski definition) is 4. The van der Waals surface area contributed by atoms with Crippen molar-refractivity contribution in [2.45, 2.75) is 62.7 Å². The van der Waals surface area contributed by atoms with Gasteiger partial charge in [-0.05, 0) is 109 Å². The van der Waals surface area contributed by atoms with Gasteiger partial charge in [0.05, 0.1) is 4.90 Å². The molecule has 4 aliphatic carbocycles. The number of phenolic OH excluding ortho intramolecular Hbond substituents is 1. The minimum Gasteiger partial charge on any atom is -0.508 e. The molecule has 2 aromatic carbocycles. The molecular formula is C30H35NO4S. The molecule has 0 aliphatic heterocycles. The van der Waals surface area contributed by atoms with E-state index < -0.39 is 10.0 Å². The number of Topliss-reactive ketones (excluding diaryl/α,β-unsaturated/α-hetero) is 1. The summed E-state index contributed by atoms with van der Waals surface area (Å²) < 4.78 is 28.7. The number of phenols is 1. The van der Waals surface area contributed by atoms with Crippen molar-refractivity contribution >= 4 is 21.9 Å². The summed E-state index contributed by atoms with van der Waals surface area (Å²) in [4.78, 5) is 13.7. The molecule has 36 heavy (non-hydrogen) atoms. The molecule has 0 spiro atoms. The minimum atomic E-state index is -3.66. The summed E-state index contributed by atoms with van der Waals surface area (Å²) in [6, 6.07) is 11.2. The van der Waals surface area contributed by atoms with E-state index in [0.29, 0.717) is 41.2 Å². The average molecular weight is 506 g/mol. The summed E-state index contributed by atoms with van der Waals surface area (Å²) >= 11 is 0. The molecule has 0 radical (unpaired) electrons.